The number of aromatic nitrogens is 1. The molecule has 0 bridgehead atoms. The minimum absolute atomic E-state index is 0.0427. The number of rotatable bonds is 3. The maximum absolute atomic E-state index is 12.1. The Hall–Kier alpha value is -2.62. The van der Waals surface area contributed by atoms with Crippen molar-refractivity contribution < 1.29 is 19.4 Å². The summed E-state index contributed by atoms with van der Waals surface area (Å²) in [6.07, 6.45) is -1.80. The van der Waals surface area contributed by atoms with E-state index in [1.54, 1.807) is 20.8 Å². The topological polar surface area (TPSA) is 104 Å². The van der Waals surface area contributed by atoms with Crippen molar-refractivity contribution in [3.63, 3.8) is 0 Å². The Balaban J connectivity index is 3.32. The summed E-state index contributed by atoms with van der Waals surface area (Å²) in [5.41, 5.74) is -0.0170. The van der Waals surface area contributed by atoms with Crippen LogP contribution in [-0.2, 0) is 4.74 Å². The van der Waals surface area contributed by atoms with E-state index in [4.69, 9.17) is 10.00 Å². The number of carbonyl (C=O) groups is 2. The smallest absolute Gasteiger partial charge is 0.425 e. The molecule has 1 aromatic heterocycles. The first-order valence-corrected chi connectivity index (χ1v) is 7.27. The molecule has 1 heterocycles. The zero-order chi connectivity index (χ0) is 17.8. The molecule has 0 aromatic carbocycles. The molecule has 0 radical (unpaired) electrons. The van der Waals surface area contributed by atoms with Crippen LogP contribution in [0.5, 0.6) is 0 Å². The number of nitrogens with zero attached hydrogens (tertiary/aromatic N) is 3. The van der Waals surface area contributed by atoms with E-state index in [1.807, 2.05) is 19.9 Å². The standard InChI is InChI=1S/C16H21N3O4/c1-6-10(2)13-11(9-17)7-8-12(18-13)19(14(20)21)15(22)23-16(3,4)5/h7-8,10H,6H2,1-5H3,(H,20,21)/t10-/m1/s1. The number of ether oxygens (including phenoxy) is 1. The van der Waals surface area contributed by atoms with Gasteiger partial charge in [-0.1, -0.05) is 13.8 Å². The van der Waals surface area contributed by atoms with Gasteiger partial charge in [0.25, 0.3) is 0 Å². The summed E-state index contributed by atoms with van der Waals surface area (Å²) < 4.78 is 5.10. The Labute approximate surface area is 135 Å². The van der Waals surface area contributed by atoms with Gasteiger partial charge in [0.15, 0.2) is 0 Å². The fourth-order valence-corrected chi connectivity index (χ4v) is 1.83. The third-order valence-corrected chi connectivity index (χ3v) is 3.11. The van der Waals surface area contributed by atoms with Crippen molar-refractivity contribution >= 4 is 18.0 Å². The second-order valence-corrected chi connectivity index (χ2v) is 6.12. The number of anilines is 1. The highest BCUT2D eigenvalue weighted by Gasteiger charge is 2.30. The molecule has 23 heavy (non-hydrogen) atoms. The fraction of sp³-hybridized carbons (Fsp3) is 0.500. The lowest BCUT2D eigenvalue weighted by Crippen LogP contribution is -2.40. The van der Waals surface area contributed by atoms with Crippen LogP contribution in [0.3, 0.4) is 0 Å². The van der Waals surface area contributed by atoms with Crippen molar-refractivity contribution in [3.05, 3.63) is 23.4 Å². The highest BCUT2D eigenvalue weighted by molar-refractivity contribution is 6.07. The number of carboxylic acid groups (broad SMARTS) is 1. The van der Waals surface area contributed by atoms with Crippen molar-refractivity contribution in [2.75, 3.05) is 4.90 Å². The number of amides is 2. The summed E-state index contributed by atoms with van der Waals surface area (Å²) >= 11 is 0. The lowest BCUT2D eigenvalue weighted by molar-refractivity contribution is 0.0581. The van der Waals surface area contributed by atoms with Crippen LogP contribution >= 0.6 is 0 Å². The number of nitriles is 1. The number of hydrogen-bond acceptors (Lipinski definition) is 5. The van der Waals surface area contributed by atoms with E-state index in [1.165, 1.54) is 12.1 Å². The van der Waals surface area contributed by atoms with Crippen LogP contribution in [-0.4, -0.2) is 27.9 Å². The molecule has 1 atom stereocenters. The van der Waals surface area contributed by atoms with Gasteiger partial charge >= 0.3 is 12.2 Å². The zero-order valence-electron chi connectivity index (χ0n) is 14.0. The normalized spacial score (nSPS) is 12.2. The molecule has 0 spiro atoms. The van der Waals surface area contributed by atoms with E-state index < -0.39 is 17.8 Å². The first-order chi connectivity index (χ1) is 10.6. The average molecular weight is 319 g/mol. The summed E-state index contributed by atoms with van der Waals surface area (Å²) in [6, 6.07) is 4.81. The van der Waals surface area contributed by atoms with Crippen LogP contribution < -0.4 is 4.90 Å². The van der Waals surface area contributed by atoms with Gasteiger partial charge in [-0.05, 0) is 45.2 Å². The van der Waals surface area contributed by atoms with E-state index in [2.05, 4.69) is 4.98 Å². The molecule has 7 heteroatoms. The molecular weight excluding hydrogens is 298 g/mol. The number of imide groups is 1. The van der Waals surface area contributed by atoms with Crippen LogP contribution in [0.4, 0.5) is 15.4 Å². The van der Waals surface area contributed by atoms with Crippen LogP contribution in [0.1, 0.15) is 58.2 Å². The van der Waals surface area contributed by atoms with Crippen molar-refractivity contribution in [1.82, 2.24) is 4.98 Å². The van der Waals surface area contributed by atoms with Crippen LogP contribution in [0, 0.1) is 11.3 Å². The molecule has 1 rings (SSSR count). The maximum Gasteiger partial charge on any atom is 0.425 e. The Morgan fingerprint density at radius 3 is 2.48 bits per heavy atom. The van der Waals surface area contributed by atoms with E-state index in [9.17, 15) is 14.7 Å². The van der Waals surface area contributed by atoms with Gasteiger partial charge in [-0.2, -0.15) is 10.2 Å². The van der Waals surface area contributed by atoms with Gasteiger partial charge in [0, 0.05) is 0 Å². The third-order valence-electron chi connectivity index (χ3n) is 3.11. The van der Waals surface area contributed by atoms with Crippen LogP contribution in [0.25, 0.3) is 0 Å². The van der Waals surface area contributed by atoms with Crippen LogP contribution in [0.2, 0.25) is 0 Å². The lowest BCUT2D eigenvalue weighted by Gasteiger charge is -2.24. The quantitative estimate of drug-likeness (QED) is 0.906. The molecule has 0 fully saturated rings. The predicted molar refractivity (Wildman–Crippen MR) is 84.4 cm³/mol. The van der Waals surface area contributed by atoms with E-state index in [0.717, 1.165) is 6.42 Å². The molecule has 124 valence electrons. The molecular formula is C16H21N3O4. The Kier molecular flexibility index (Phi) is 5.68. The summed E-state index contributed by atoms with van der Waals surface area (Å²) in [5.74, 6) is -0.125. The van der Waals surface area contributed by atoms with Gasteiger partial charge in [0.05, 0.1) is 11.3 Å². The highest BCUT2D eigenvalue weighted by Crippen LogP contribution is 2.25. The fourth-order valence-electron chi connectivity index (χ4n) is 1.83. The molecule has 1 aromatic rings. The van der Waals surface area contributed by atoms with Gasteiger partial charge in [-0.3, -0.25) is 0 Å². The summed E-state index contributed by atoms with van der Waals surface area (Å²) in [5, 5.41) is 18.5. The summed E-state index contributed by atoms with van der Waals surface area (Å²) in [6.45, 7) is 8.74. The molecule has 0 aliphatic carbocycles. The Morgan fingerprint density at radius 2 is 2.04 bits per heavy atom. The van der Waals surface area contributed by atoms with Crippen molar-refractivity contribution in [2.24, 2.45) is 0 Å². The highest BCUT2D eigenvalue weighted by atomic mass is 16.6. The Bertz CT molecular complexity index is 644. The maximum atomic E-state index is 12.1. The second kappa shape index (κ2) is 7.09. The van der Waals surface area contributed by atoms with E-state index >= 15 is 0 Å². The number of pyridine rings is 1. The molecule has 1 N–H and O–H groups in total. The SMILES string of the molecule is CC[C@@H](C)c1nc(N(C(=O)O)C(=O)OC(C)(C)C)ccc1C#N. The van der Waals surface area contributed by atoms with Crippen molar-refractivity contribution in [1.29, 1.82) is 5.26 Å². The third kappa shape index (κ3) is 4.68. The average Bonchev–Trinajstić information content (AvgIpc) is 2.44. The number of carbonyl (C=O) groups excluding carboxylic acids is 1. The first kappa shape index (κ1) is 18.4. The van der Waals surface area contributed by atoms with E-state index in [0.29, 0.717) is 16.2 Å². The Morgan fingerprint density at radius 1 is 1.43 bits per heavy atom. The summed E-state index contributed by atoms with van der Waals surface area (Å²) in [4.78, 5) is 28.2. The van der Waals surface area contributed by atoms with Gasteiger partial charge in [0.1, 0.15) is 17.5 Å². The second-order valence-electron chi connectivity index (χ2n) is 6.12. The largest absolute Gasteiger partial charge is 0.464 e. The molecule has 0 saturated heterocycles. The van der Waals surface area contributed by atoms with Crippen molar-refractivity contribution in [3.8, 4) is 6.07 Å². The summed E-state index contributed by atoms with van der Waals surface area (Å²) in [7, 11) is 0. The molecule has 7 nitrogen and oxygen atoms in total. The number of hydrogen-bond donors (Lipinski definition) is 1. The molecule has 0 unspecified atom stereocenters. The van der Waals surface area contributed by atoms with Crippen molar-refractivity contribution in [2.45, 2.75) is 52.6 Å². The first-order valence-electron chi connectivity index (χ1n) is 7.27. The van der Waals surface area contributed by atoms with E-state index in [-0.39, 0.29) is 11.7 Å². The minimum Gasteiger partial charge on any atom is -0.464 e. The van der Waals surface area contributed by atoms with Gasteiger partial charge in [-0.15, -0.1) is 0 Å². The molecule has 2 amide bonds. The monoisotopic (exact) mass is 319 g/mol. The predicted octanol–water partition coefficient (Wildman–Crippen LogP) is 3.89. The molecule has 0 saturated carbocycles. The van der Waals surface area contributed by atoms with Gasteiger partial charge in [0.2, 0.25) is 0 Å². The molecule has 0 aliphatic rings. The van der Waals surface area contributed by atoms with Crippen LogP contribution in [0.15, 0.2) is 12.1 Å². The van der Waals surface area contributed by atoms with Gasteiger partial charge < -0.3 is 9.84 Å². The van der Waals surface area contributed by atoms with Gasteiger partial charge in [-0.25, -0.2) is 14.6 Å². The lowest BCUT2D eigenvalue weighted by atomic mass is 10.00. The minimum atomic E-state index is -1.49. The molecule has 0 aliphatic heterocycles. The zero-order valence-corrected chi connectivity index (χ0v) is 14.0.